The first kappa shape index (κ1) is 22.9. The summed E-state index contributed by atoms with van der Waals surface area (Å²) in [6.45, 7) is 17.1. The van der Waals surface area contributed by atoms with Gasteiger partial charge >= 0.3 is 0 Å². The molecular weight excluding hydrogens is 308 g/mol. The van der Waals surface area contributed by atoms with E-state index in [1.165, 1.54) is 23.6 Å². The van der Waals surface area contributed by atoms with Crippen LogP contribution < -0.4 is 0 Å². The molecule has 0 bridgehead atoms. The second-order valence-electron chi connectivity index (χ2n) is 7.94. The maximum atomic E-state index is 12.9. The Balaban J connectivity index is 5.89. The molecule has 0 unspecified atom stereocenters. The summed E-state index contributed by atoms with van der Waals surface area (Å²) >= 11 is 0. The molecule has 0 aliphatic carbocycles. The monoisotopic (exact) mass is 344 g/mol. The van der Waals surface area contributed by atoms with Gasteiger partial charge in [-0.2, -0.15) is 0 Å². The van der Waals surface area contributed by atoms with Gasteiger partial charge in [0.2, 0.25) is 0 Å². The van der Waals surface area contributed by atoms with E-state index in [1.807, 2.05) is 55.4 Å². The van der Waals surface area contributed by atoms with Crippen molar-refractivity contribution in [1.82, 2.24) is 9.80 Å². The molecule has 2 atom stereocenters. The van der Waals surface area contributed by atoms with Crippen molar-refractivity contribution in [1.29, 1.82) is 0 Å². The largest absolute Gasteiger partial charge is 0.377 e. The molecule has 142 valence electrons. The van der Waals surface area contributed by atoms with Gasteiger partial charge in [0.05, 0.1) is 0 Å². The third-order valence-electron chi connectivity index (χ3n) is 4.48. The van der Waals surface area contributed by atoms with Crippen molar-refractivity contribution >= 4 is 11.8 Å². The molecule has 0 aromatic rings. The van der Waals surface area contributed by atoms with Gasteiger partial charge in [0.1, 0.15) is 0 Å². The zero-order valence-corrected chi connectivity index (χ0v) is 16.9. The average molecular weight is 344 g/mol. The maximum absolute atomic E-state index is 12.9. The molecule has 0 saturated heterocycles. The number of aliphatic hydroxyl groups is 2. The van der Waals surface area contributed by atoms with E-state index < -0.39 is 23.0 Å². The third kappa shape index (κ3) is 4.28. The number of hydrogen-bond acceptors (Lipinski definition) is 4. The predicted octanol–water partition coefficient (Wildman–Crippen LogP) is 1.78. The number of hydrogen-bond donors (Lipinski definition) is 2. The molecule has 24 heavy (non-hydrogen) atoms. The Morgan fingerprint density at radius 2 is 0.792 bits per heavy atom. The second kappa shape index (κ2) is 7.83. The van der Waals surface area contributed by atoms with Crippen molar-refractivity contribution in [3.05, 3.63) is 0 Å². The molecule has 6 nitrogen and oxygen atoms in total. The summed E-state index contributed by atoms with van der Waals surface area (Å²) in [7, 11) is 0. The molecule has 0 heterocycles. The Morgan fingerprint density at radius 1 is 0.625 bits per heavy atom. The summed E-state index contributed by atoms with van der Waals surface area (Å²) in [5, 5.41) is 21.7. The number of carbonyl (C=O) groups excluding carboxylic acids is 2. The van der Waals surface area contributed by atoms with Crippen LogP contribution in [0.3, 0.4) is 0 Å². The molecule has 0 aliphatic heterocycles. The third-order valence-corrected chi connectivity index (χ3v) is 4.48. The van der Waals surface area contributed by atoms with E-state index in [0.717, 1.165) is 0 Å². The Morgan fingerprint density at radius 3 is 0.917 bits per heavy atom. The lowest BCUT2D eigenvalue weighted by atomic mass is 9.82. The van der Waals surface area contributed by atoms with Gasteiger partial charge in [0.15, 0.2) is 11.2 Å². The molecule has 0 radical (unpaired) electrons. The summed E-state index contributed by atoms with van der Waals surface area (Å²) in [6, 6.07) is -0.662. The molecule has 0 rings (SSSR count). The van der Waals surface area contributed by atoms with Crippen molar-refractivity contribution in [2.45, 2.75) is 105 Å². The van der Waals surface area contributed by atoms with Gasteiger partial charge in [-0.25, -0.2) is 0 Å². The summed E-state index contributed by atoms with van der Waals surface area (Å²) in [5.74, 6) is -1.31. The zero-order valence-electron chi connectivity index (χ0n) is 16.9. The minimum atomic E-state index is -2.24. The minimum absolute atomic E-state index is 0.166. The number of amides is 2. The second-order valence-corrected chi connectivity index (χ2v) is 7.94. The summed E-state index contributed by atoms with van der Waals surface area (Å²) in [4.78, 5) is 28.8. The van der Waals surface area contributed by atoms with Gasteiger partial charge < -0.3 is 20.0 Å². The van der Waals surface area contributed by atoms with Gasteiger partial charge in [-0.15, -0.1) is 0 Å². The Labute approximate surface area is 146 Å². The van der Waals surface area contributed by atoms with Crippen molar-refractivity contribution in [3.63, 3.8) is 0 Å². The highest BCUT2D eigenvalue weighted by atomic mass is 16.4. The Hall–Kier alpha value is -1.14. The van der Waals surface area contributed by atoms with Crippen LogP contribution in [0.5, 0.6) is 0 Å². The maximum Gasteiger partial charge on any atom is 0.258 e. The van der Waals surface area contributed by atoms with Gasteiger partial charge in [0, 0.05) is 24.2 Å². The molecular formula is C18H36N2O4. The van der Waals surface area contributed by atoms with E-state index in [0.29, 0.717) is 0 Å². The van der Waals surface area contributed by atoms with Crippen molar-refractivity contribution in [3.8, 4) is 0 Å². The highest BCUT2D eigenvalue weighted by molar-refractivity contribution is 5.97. The summed E-state index contributed by atoms with van der Waals surface area (Å²) < 4.78 is 0. The van der Waals surface area contributed by atoms with Crippen molar-refractivity contribution < 1.29 is 19.8 Å². The lowest BCUT2D eigenvalue weighted by Crippen LogP contribution is -2.69. The highest BCUT2D eigenvalue weighted by Gasteiger charge is 2.56. The minimum Gasteiger partial charge on any atom is -0.377 e. The number of rotatable bonds is 7. The fraction of sp³-hybridized carbons (Fsp3) is 0.889. The molecule has 6 heteroatoms. The quantitative estimate of drug-likeness (QED) is 0.738. The van der Waals surface area contributed by atoms with E-state index in [-0.39, 0.29) is 24.2 Å². The lowest BCUT2D eigenvalue weighted by Gasteiger charge is -2.45. The Bertz CT molecular complexity index is 396. The van der Waals surface area contributed by atoms with E-state index in [9.17, 15) is 19.8 Å². The molecule has 0 saturated carbocycles. The summed E-state index contributed by atoms with van der Waals surface area (Å²) in [5.41, 5.74) is -4.47. The van der Waals surface area contributed by atoms with Crippen LogP contribution in [-0.2, 0) is 9.59 Å². The number of carbonyl (C=O) groups is 2. The normalized spacial score (nSPS) is 17.2. The van der Waals surface area contributed by atoms with E-state index in [4.69, 9.17) is 0 Å². The zero-order chi connectivity index (χ0) is 19.6. The SMILES string of the molecule is CC(C)N(C(=O)[C@@](C)(O)[C@](C)(O)C(=O)N(C(C)C)C(C)C)C(C)C. The smallest absolute Gasteiger partial charge is 0.258 e. The first-order chi connectivity index (χ1) is 10.6. The molecule has 0 aromatic carbocycles. The van der Waals surface area contributed by atoms with Crippen LogP contribution in [0.25, 0.3) is 0 Å². The van der Waals surface area contributed by atoms with Crippen LogP contribution in [0.15, 0.2) is 0 Å². The fourth-order valence-corrected chi connectivity index (χ4v) is 3.05. The molecule has 0 spiro atoms. The standard InChI is InChI=1S/C18H36N2O4/c1-11(2)19(12(3)4)15(21)17(9,23)18(10,24)16(22)20(13(5)6)14(7)8/h11-14,23-24H,1-10H3/t17-,18-/m1/s1. The van der Waals surface area contributed by atoms with Gasteiger partial charge in [-0.3, -0.25) is 9.59 Å². The van der Waals surface area contributed by atoms with E-state index >= 15 is 0 Å². The highest BCUT2D eigenvalue weighted by Crippen LogP contribution is 2.29. The molecule has 2 amide bonds. The van der Waals surface area contributed by atoms with Crippen LogP contribution >= 0.6 is 0 Å². The van der Waals surface area contributed by atoms with Gasteiger partial charge in [-0.1, -0.05) is 0 Å². The Kier molecular flexibility index (Phi) is 7.46. The fourth-order valence-electron chi connectivity index (χ4n) is 3.05. The van der Waals surface area contributed by atoms with Crippen LogP contribution in [0.1, 0.15) is 69.2 Å². The topological polar surface area (TPSA) is 81.1 Å². The van der Waals surface area contributed by atoms with Gasteiger partial charge in [-0.05, 0) is 69.2 Å². The predicted molar refractivity (Wildman–Crippen MR) is 95.5 cm³/mol. The van der Waals surface area contributed by atoms with Crippen LogP contribution in [0, 0.1) is 0 Å². The average Bonchev–Trinajstić information content (AvgIpc) is 2.36. The van der Waals surface area contributed by atoms with Crippen LogP contribution in [-0.4, -0.2) is 67.2 Å². The van der Waals surface area contributed by atoms with Gasteiger partial charge in [0.25, 0.3) is 11.8 Å². The van der Waals surface area contributed by atoms with Crippen LogP contribution in [0.4, 0.5) is 0 Å². The van der Waals surface area contributed by atoms with Crippen LogP contribution in [0.2, 0.25) is 0 Å². The first-order valence-electron chi connectivity index (χ1n) is 8.70. The first-order valence-corrected chi connectivity index (χ1v) is 8.70. The lowest BCUT2D eigenvalue weighted by molar-refractivity contribution is -0.195. The number of nitrogens with zero attached hydrogens (tertiary/aromatic N) is 2. The van der Waals surface area contributed by atoms with Crippen molar-refractivity contribution in [2.24, 2.45) is 0 Å². The van der Waals surface area contributed by atoms with Crippen molar-refractivity contribution in [2.75, 3.05) is 0 Å². The molecule has 0 aromatic heterocycles. The van der Waals surface area contributed by atoms with E-state index in [1.54, 1.807) is 0 Å². The molecule has 0 aliphatic rings. The summed E-state index contributed by atoms with van der Waals surface area (Å²) in [6.07, 6.45) is 0. The molecule has 2 N–H and O–H groups in total. The van der Waals surface area contributed by atoms with E-state index in [2.05, 4.69) is 0 Å². The molecule has 0 fully saturated rings.